The van der Waals surface area contributed by atoms with Gasteiger partial charge in [0.25, 0.3) is 0 Å². The van der Waals surface area contributed by atoms with Crippen LogP contribution in [0.1, 0.15) is 107 Å². The number of carbonyl (C=O) groups excluding carboxylic acids is 9. The van der Waals surface area contributed by atoms with Gasteiger partial charge in [-0.2, -0.15) is 0 Å². The van der Waals surface area contributed by atoms with Crippen molar-refractivity contribution in [3.05, 3.63) is 0 Å². The summed E-state index contributed by atoms with van der Waals surface area (Å²) in [4.78, 5) is 142. The van der Waals surface area contributed by atoms with Crippen LogP contribution in [0.25, 0.3) is 0 Å². The predicted molar refractivity (Wildman–Crippen MR) is 243 cm³/mol. The molecule has 18 N–H and O–H groups in total. The summed E-state index contributed by atoms with van der Waals surface area (Å²) in [6, 6.07) is -13.8. The van der Waals surface area contributed by atoms with E-state index in [4.69, 9.17) is 17.2 Å². The number of hydrogen-bond acceptors (Lipinski definition) is 15. The molecule has 0 aliphatic rings. The van der Waals surface area contributed by atoms with E-state index in [-0.39, 0.29) is 31.2 Å². The number of nitrogens with two attached hydrogens (primary N) is 3. The second kappa shape index (κ2) is 30.4. The van der Waals surface area contributed by atoms with Gasteiger partial charge in [-0.3, -0.25) is 47.9 Å². The molecule has 0 aliphatic heterocycles. The van der Waals surface area contributed by atoms with E-state index in [9.17, 15) is 73.2 Å². The fraction of sp³-hybridized carbons (Fsp3) is 0.738. The summed E-state index contributed by atoms with van der Waals surface area (Å²) in [6.45, 7) is 13.8. The van der Waals surface area contributed by atoms with Crippen molar-refractivity contribution in [2.45, 2.75) is 174 Å². The molecule has 0 unspecified atom stereocenters. The molecule has 9 amide bonds. The molecular formula is C42H75N11O15. The van der Waals surface area contributed by atoms with Gasteiger partial charge in [-0.25, -0.2) is 4.79 Å². The number of aliphatic hydroxyl groups is 2. The lowest BCUT2D eigenvalue weighted by Crippen LogP contribution is -2.63. The van der Waals surface area contributed by atoms with Crippen molar-refractivity contribution in [1.29, 1.82) is 0 Å². The Morgan fingerprint density at radius 2 is 0.941 bits per heavy atom. The van der Waals surface area contributed by atoms with E-state index >= 15 is 0 Å². The van der Waals surface area contributed by atoms with Crippen molar-refractivity contribution in [3.8, 4) is 0 Å². The third-order valence-electron chi connectivity index (χ3n) is 10.6. The molecule has 0 bridgehead atoms. The Balaban J connectivity index is 6.15. The zero-order valence-electron chi connectivity index (χ0n) is 40.3. The van der Waals surface area contributed by atoms with Crippen LogP contribution in [-0.4, -0.2) is 159 Å². The third-order valence-corrected chi connectivity index (χ3v) is 10.6. The number of hydrogen-bond donors (Lipinski definition) is 15. The van der Waals surface area contributed by atoms with Crippen LogP contribution >= 0.6 is 0 Å². The Morgan fingerprint density at radius 3 is 1.40 bits per heavy atom. The molecule has 388 valence electrons. The standard InChI is InChI=1S/C42H75N11O15/c1-10-20(6)30(45)38(63)49-25(15-18(2)3)35(60)48-26(16-28(44)56)37(62)51-31(19(4)5)39(64)53-32(22(8)54)40(65)46-21(7)34(59)52-33(23(9)55)41(66)50-27(17-29(57)58)36(61)47-24(42(67)68)13-11-12-14-43/h18-27,30-33,54-55H,10-17,43,45H2,1-9H3,(H2,44,56)(H,46,65)(H,47,61)(H,48,60)(H,49,63)(H,50,66)(H,51,62)(H,52,59)(H,53,64)(H,57,58)(H,67,68)/t20-,21-,22+,23+,24-,25-,26-,27-,30-,31-,32-,33-/m0/s1. The van der Waals surface area contributed by atoms with Crippen LogP contribution < -0.4 is 59.7 Å². The number of unbranched alkanes of at least 4 members (excludes halogenated alkanes) is 1. The average Bonchev–Trinajstić information content (AvgIpc) is 3.23. The van der Waals surface area contributed by atoms with Gasteiger partial charge in [-0.15, -0.1) is 0 Å². The maximum atomic E-state index is 13.7. The molecule has 26 heteroatoms. The highest BCUT2D eigenvalue weighted by atomic mass is 16.4. The molecule has 0 aromatic heterocycles. The molecule has 26 nitrogen and oxygen atoms in total. The van der Waals surface area contributed by atoms with E-state index < -0.39 is 150 Å². The minimum atomic E-state index is -1.87. The van der Waals surface area contributed by atoms with Crippen molar-refractivity contribution >= 4 is 65.1 Å². The first-order valence-electron chi connectivity index (χ1n) is 22.5. The largest absolute Gasteiger partial charge is 0.481 e. The molecule has 0 spiro atoms. The van der Waals surface area contributed by atoms with Gasteiger partial charge in [-0.05, 0) is 70.8 Å². The summed E-state index contributed by atoms with van der Waals surface area (Å²) < 4.78 is 0. The molecular weight excluding hydrogens is 899 g/mol. The number of aliphatic carboxylic acids is 2. The number of carboxylic acid groups (broad SMARTS) is 2. The fourth-order valence-electron chi connectivity index (χ4n) is 6.32. The van der Waals surface area contributed by atoms with Crippen LogP contribution in [0, 0.1) is 17.8 Å². The lowest BCUT2D eigenvalue weighted by molar-refractivity contribution is -0.144. The highest BCUT2D eigenvalue weighted by Gasteiger charge is 2.37. The first-order valence-corrected chi connectivity index (χ1v) is 22.5. The zero-order chi connectivity index (χ0) is 52.7. The smallest absolute Gasteiger partial charge is 0.326 e. The maximum absolute atomic E-state index is 13.7. The topological polar surface area (TPSA) is 443 Å². The van der Waals surface area contributed by atoms with Gasteiger partial charge in [0, 0.05) is 0 Å². The molecule has 12 atom stereocenters. The summed E-state index contributed by atoms with van der Waals surface area (Å²) >= 11 is 0. The lowest BCUT2D eigenvalue weighted by Gasteiger charge is -2.29. The fourth-order valence-corrected chi connectivity index (χ4v) is 6.32. The van der Waals surface area contributed by atoms with Gasteiger partial charge in [0.1, 0.15) is 48.3 Å². The summed E-state index contributed by atoms with van der Waals surface area (Å²) in [7, 11) is 0. The van der Waals surface area contributed by atoms with E-state index in [0.717, 1.165) is 20.8 Å². The number of nitrogens with one attached hydrogen (secondary N) is 8. The van der Waals surface area contributed by atoms with Crippen molar-refractivity contribution in [1.82, 2.24) is 42.5 Å². The van der Waals surface area contributed by atoms with Gasteiger partial charge in [0.05, 0.1) is 31.1 Å². The van der Waals surface area contributed by atoms with Crippen LogP contribution in [0.2, 0.25) is 0 Å². The number of primary amides is 1. The molecule has 68 heavy (non-hydrogen) atoms. The Bertz CT molecular complexity index is 1760. The summed E-state index contributed by atoms with van der Waals surface area (Å²) in [5, 5.41) is 58.2. The minimum absolute atomic E-state index is 0.0607. The van der Waals surface area contributed by atoms with Gasteiger partial charge in [0.2, 0.25) is 53.2 Å². The average molecular weight is 974 g/mol. The Morgan fingerprint density at radius 1 is 0.515 bits per heavy atom. The first kappa shape index (κ1) is 62.0. The summed E-state index contributed by atoms with van der Waals surface area (Å²) in [5.41, 5.74) is 16.9. The highest BCUT2D eigenvalue weighted by molar-refractivity contribution is 5.99. The highest BCUT2D eigenvalue weighted by Crippen LogP contribution is 2.11. The second-order valence-electron chi connectivity index (χ2n) is 17.6. The zero-order valence-corrected chi connectivity index (χ0v) is 40.3. The molecule has 0 rings (SSSR count). The summed E-state index contributed by atoms with van der Waals surface area (Å²) in [5.74, 6) is -13.3. The molecule has 0 radical (unpaired) electrons. The Hall–Kier alpha value is -5.99. The van der Waals surface area contributed by atoms with E-state index in [2.05, 4.69) is 42.5 Å². The SMILES string of the molecule is CC[C@H](C)[C@H](N)C(=O)N[C@@H](CC(C)C)C(=O)N[C@@H](CC(N)=O)C(=O)N[C@H](C(=O)N[C@H](C(=O)N[C@@H](C)C(=O)N[C@H](C(=O)N[C@@H](CC(=O)O)C(=O)N[C@@H](CCCCN)C(=O)O)[C@@H](C)O)[C@@H](C)O)C(C)C. The molecule has 0 aromatic rings. The number of carbonyl (C=O) groups is 11. The van der Waals surface area contributed by atoms with Crippen molar-refractivity contribution in [2.24, 2.45) is 35.0 Å². The predicted octanol–water partition coefficient (Wildman–Crippen LogP) is -4.71. The Labute approximate surface area is 395 Å². The normalized spacial score (nSPS) is 16.6. The summed E-state index contributed by atoms with van der Waals surface area (Å²) in [6.07, 6.45) is -3.71. The monoisotopic (exact) mass is 974 g/mol. The number of carboxylic acids is 2. The van der Waals surface area contributed by atoms with Gasteiger partial charge >= 0.3 is 11.9 Å². The second-order valence-corrected chi connectivity index (χ2v) is 17.6. The number of aliphatic hydroxyl groups excluding tert-OH is 2. The van der Waals surface area contributed by atoms with Gasteiger partial charge < -0.3 is 80.2 Å². The van der Waals surface area contributed by atoms with Crippen LogP contribution in [0.4, 0.5) is 0 Å². The van der Waals surface area contributed by atoms with Crippen LogP contribution in [0.15, 0.2) is 0 Å². The van der Waals surface area contributed by atoms with Crippen molar-refractivity contribution in [3.63, 3.8) is 0 Å². The molecule has 0 saturated carbocycles. The van der Waals surface area contributed by atoms with E-state index in [1.165, 1.54) is 13.8 Å². The first-order chi connectivity index (χ1) is 31.5. The quantitative estimate of drug-likeness (QED) is 0.0282. The van der Waals surface area contributed by atoms with Gasteiger partial charge in [0.15, 0.2) is 0 Å². The number of amides is 9. The Kier molecular flexibility index (Phi) is 27.7. The van der Waals surface area contributed by atoms with Crippen LogP contribution in [-0.2, 0) is 52.7 Å². The lowest BCUT2D eigenvalue weighted by atomic mass is 9.97. The van der Waals surface area contributed by atoms with Crippen LogP contribution in [0.3, 0.4) is 0 Å². The molecule has 0 heterocycles. The molecule has 0 fully saturated rings. The number of rotatable bonds is 32. The van der Waals surface area contributed by atoms with Crippen LogP contribution in [0.5, 0.6) is 0 Å². The van der Waals surface area contributed by atoms with Crippen molar-refractivity contribution < 1.29 is 73.2 Å². The minimum Gasteiger partial charge on any atom is -0.481 e. The van der Waals surface area contributed by atoms with Gasteiger partial charge in [-0.1, -0.05) is 48.0 Å². The molecule has 0 saturated heterocycles. The molecule has 0 aliphatic carbocycles. The van der Waals surface area contributed by atoms with Crippen molar-refractivity contribution in [2.75, 3.05) is 6.54 Å². The van der Waals surface area contributed by atoms with E-state index in [1.807, 2.05) is 6.92 Å². The third kappa shape index (κ3) is 22.2. The molecule has 0 aromatic carbocycles. The van der Waals surface area contributed by atoms with E-state index in [0.29, 0.717) is 19.3 Å². The maximum Gasteiger partial charge on any atom is 0.326 e. The van der Waals surface area contributed by atoms with E-state index in [1.54, 1.807) is 20.8 Å².